The van der Waals surface area contributed by atoms with Crippen LogP contribution in [0.25, 0.3) is 0 Å². The topological polar surface area (TPSA) is 40.5 Å². The molecule has 2 fully saturated rings. The van der Waals surface area contributed by atoms with E-state index in [4.69, 9.17) is 5.11 Å². The third-order valence-electron chi connectivity index (χ3n) is 3.69. The van der Waals surface area contributed by atoms with Crippen molar-refractivity contribution in [2.75, 3.05) is 13.6 Å². The highest BCUT2D eigenvalue weighted by Gasteiger charge is 2.67. The maximum Gasteiger partial charge on any atom is 0.321 e. The van der Waals surface area contributed by atoms with Crippen LogP contribution in [0.3, 0.4) is 0 Å². The minimum Gasteiger partial charge on any atom is -0.480 e. The Morgan fingerprint density at radius 1 is 1.58 bits per heavy atom. The highest BCUT2D eigenvalue weighted by Crippen LogP contribution is 2.64. The summed E-state index contributed by atoms with van der Waals surface area (Å²) in [6, 6.07) is -0.231. The lowest BCUT2D eigenvalue weighted by Crippen LogP contribution is -2.38. The van der Waals surface area contributed by atoms with Crippen molar-refractivity contribution in [1.82, 2.24) is 4.90 Å². The van der Waals surface area contributed by atoms with E-state index in [9.17, 15) is 4.79 Å². The fourth-order valence-electron chi connectivity index (χ4n) is 2.80. The van der Waals surface area contributed by atoms with Crippen molar-refractivity contribution in [3.05, 3.63) is 0 Å². The predicted molar refractivity (Wildman–Crippen MR) is 44.8 cm³/mol. The fourth-order valence-corrected chi connectivity index (χ4v) is 2.80. The summed E-state index contributed by atoms with van der Waals surface area (Å²) in [5.74, 6) is 0.346. The van der Waals surface area contributed by atoms with Crippen molar-refractivity contribution in [1.29, 1.82) is 0 Å². The third-order valence-corrected chi connectivity index (χ3v) is 3.69. The normalized spacial score (nSPS) is 44.1. The monoisotopic (exact) mass is 169 g/mol. The molecular weight excluding hydrogens is 154 g/mol. The van der Waals surface area contributed by atoms with Crippen LogP contribution in [0.4, 0.5) is 0 Å². The van der Waals surface area contributed by atoms with Gasteiger partial charge in [-0.25, -0.2) is 0 Å². The molecule has 0 amide bonds. The van der Waals surface area contributed by atoms with Crippen molar-refractivity contribution >= 4 is 5.97 Å². The van der Waals surface area contributed by atoms with E-state index in [1.165, 1.54) is 0 Å². The van der Waals surface area contributed by atoms with E-state index in [0.717, 1.165) is 6.54 Å². The molecule has 1 saturated heterocycles. The van der Waals surface area contributed by atoms with Gasteiger partial charge >= 0.3 is 5.97 Å². The number of carboxylic acids is 1. The zero-order chi connectivity index (χ0) is 9.09. The van der Waals surface area contributed by atoms with Crippen molar-refractivity contribution in [3.8, 4) is 0 Å². The van der Waals surface area contributed by atoms with Gasteiger partial charge in [-0.05, 0) is 24.3 Å². The average molecular weight is 169 g/mol. The molecule has 3 heteroatoms. The summed E-state index contributed by atoms with van der Waals surface area (Å²) < 4.78 is 0. The second kappa shape index (κ2) is 2.02. The second-order valence-corrected chi connectivity index (χ2v) is 4.68. The molecule has 1 N–H and O–H groups in total. The summed E-state index contributed by atoms with van der Waals surface area (Å²) in [5, 5.41) is 8.97. The standard InChI is InChI=1S/C9H15NO2/c1-9(2)5-4-10(3)7(6(5)9)8(11)12/h5-7H,4H2,1-3H3,(H,11,12)/t5?,6-,7-/m0/s1. The molecule has 1 unspecified atom stereocenters. The molecule has 68 valence electrons. The van der Waals surface area contributed by atoms with E-state index in [1.807, 2.05) is 11.9 Å². The number of likely N-dealkylation sites (tertiary alicyclic amines) is 1. The number of carbonyl (C=O) groups is 1. The van der Waals surface area contributed by atoms with Gasteiger partial charge in [-0.1, -0.05) is 13.8 Å². The molecule has 3 atom stereocenters. The van der Waals surface area contributed by atoms with Crippen LogP contribution in [0.5, 0.6) is 0 Å². The highest BCUT2D eigenvalue weighted by atomic mass is 16.4. The van der Waals surface area contributed by atoms with Gasteiger partial charge in [-0.2, -0.15) is 0 Å². The number of hydrogen-bond acceptors (Lipinski definition) is 2. The Kier molecular flexibility index (Phi) is 1.35. The first kappa shape index (κ1) is 8.05. The minimum absolute atomic E-state index is 0.231. The smallest absolute Gasteiger partial charge is 0.321 e. The SMILES string of the molecule is CN1CC2[C@@H]([C@H]1C(=O)O)C2(C)C. The zero-order valence-corrected chi connectivity index (χ0v) is 7.74. The van der Waals surface area contributed by atoms with E-state index < -0.39 is 5.97 Å². The maximum absolute atomic E-state index is 10.9. The Morgan fingerprint density at radius 2 is 2.17 bits per heavy atom. The highest BCUT2D eigenvalue weighted by molar-refractivity contribution is 5.75. The first-order valence-electron chi connectivity index (χ1n) is 4.39. The van der Waals surface area contributed by atoms with Crippen molar-refractivity contribution in [2.45, 2.75) is 19.9 Å². The molecule has 0 aromatic rings. The number of carboxylic acid groups (broad SMARTS) is 1. The van der Waals surface area contributed by atoms with Gasteiger partial charge in [-0.15, -0.1) is 0 Å². The van der Waals surface area contributed by atoms with Gasteiger partial charge in [0.2, 0.25) is 0 Å². The van der Waals surface area contributed by atoms with E-state index in [-0.39, 0.29) is 11.5 Å². The van der Waals surface area contributed by atoms with Crippen molar-refractivity contribution in [2.24, 2.45) is 17.3 Å². The molecule has 3 nitrogen and oxygen atoms in total. The Labute approximate surface area is 72.4 Å². The number of rotatable bonds is 1. The van der Waals surface area contributed by atoms with Gasteiger partial charge in [-0.3, -0.25) is 9.69 Å². The molecule has 0 aromatic carbocycles. The van der Waals surface area contributed by atoms with Crippen LogP contribution in [0, 0.1) is 17.3 Å². The van der Waals surface area contributed by atoms with Crippen LogP contribution in [0.1, 0.15) is 13.8 Å². The van der Waals surface area contributed by atoms with Crippen molar-refractivity contribution < 1.29 is 9.90 Å². The van der Waals surface area contributed by atoms with Gasteiger partial charge in [0.25, 0.3) is 0 Å². The molecule has 1 heterocycles. The molecular formula is C9H15NO2. The molecule has 0 aromatic heterocycles. The molecule has 2 rings (SSSR count). The number of fused-ring (bicyclic) bond motifs is 1. The van der Waals surface area contributed by atoms with Crippen LogP contribution >= 0.6 is 0 Å². The molecule has 0 bridgehead atoms. The average Bonchev–Trinajstić information content (AvgIpc) is 2.40. The zero-order valence-electron chi connectivity index (χ0n) is 7.74. The Morgan fingerprint density at radius 3 is 2.50 bits per heavy atom. The number of hydrogen-bond donors (Lipinski definition) is 1. The largest absolute Gasteiger partial charge is 0.480 e. The fraction of sp³-hybridized carbons (Fsp3) is 0.889. The molecule has 0 radical (unpaired) electrons. The lowest BCUT2D eigenvalue weighted by atomic mass is 10.0. The van der Waals surface area contributed by atoms with Gasteiger partial charge in [0, 0.05) is 6.54 Å². The molecule has 12 heavy (non-hydrogen) atoms. The summed E-state index contributed by atoms with van der Waals surface area (Å²) in [5.41, 5.74) is 0.273. The second-order valence-electron chi connectivity index (χ2n) is 4.68. The molecule has 1 saturated carbocycles. The number of piperidine rings is 1. The lowest BCUT2D eigenvalue weighted by Gasteiger charge is -2.23. The summed E-state index contributed by atoms with van der Waals surface area (Å²) in [7, 11) is 1.90. The van der Waals surface area contributed by atoms with Crippen LogP contribution in [-0.4, -0.2) is 35.6 Å². The van der Waals surface area contributed by atoms with E-state index in [0.29, 0.717) is 11.8 Å². The number of nitrogens with zero attached hydrogens (tertiary/aromatic N) is 1. The van der Waals surface area contributed by atoms with Crippen LogP contribution in [0.15, 0.2) is 0 Å². The van der Waals surface area contributed by atoms with Gasteiger partial charge in [0.15, 0.2) is 0 Å². The molecule has 1 aliphatic carbocycles. The first-order valence-corrected chi connectivity index (χ1v) is 4.39. The first-order chi connectivity index (χ1) is 5.46. The van der Waals surface area contributed by atoms with E-state index in [2.05, 4.69) is 13.8 Å². The van der Waals surface area contributed by atoms with Crippen LogP contribution < -0.4 is 0 Å². The van der Waals surface area contributed by atoms with Crippen molar-refractivity contribution in [3.63, 3.8) is 0 Å². The maximum atomic E-state index is 10.9. The Balaban J connectivity index is 2.19. The predicted octanol–water partition coefficient (Wildman–Crippen LogP) is 0.657. The summed E-state index contributed by atoms with van der Waals surface area (Å²) in [6.45, 7) is 5.30. The van der Waals surface area contributed by atoms with Gasteiger partial charge < -0.3 is 5.11 Å². The molecule has 1 aliphatic heterocycles. The minimum atomic E-state index is -0.657. The third kappa shape index (κ3) is 0.774. The lowest BCUT2D eigenvalue weighted by molar-refractivity contribution is -0.143. The van der Waals surface area contributed by atoms with Crippen LogP contribution in [0.2, 0.25) is 0 Å². The van der Waals surface area contributed by atoms with Gasteiger partial charge in [0.05, 0.1) is 0 Å². The Hall–Kier alpha value is -0.570. The summed E-state index contributed by atoms with van der Waals surface area (Å²) in [6.07, 6.45) is 0. The van der Waals surface area contributed by atoms with E-state index in [1.54, 1.807) is 0 Å². The number of likely N-dealkylation sites (N-methyl/N-ethyl adjacent to an activating group) is 1. The summed E-state index contributed by atoms with van der Waals surface area (Å²) in [4.78, 5) is 12.9. The van der Waals surface area contributed by atoms with E-state index >= 15 is 0 Å². The molecule has 0 spiro atoms. The molecule has 2 aliphatic rings. The Bertz CT molecular complexity index is 237. The van der Waals surface area contributed by atoms with Gasteiger partial charge in [0.1, 0.15) is 6.04 Å². The summed E-state index contributed by atoms with van der Waals surface area (Å²) >= 11 is 0. The van der Waals surface area contributed by atoms with Crippen LogP contribution in [-0.2, 0) is 4.79 Å². The number of aliphatic carboxylic acids is 1. The quantitative estimate of drug-likeness (QED) is 0.626.